The molecule has 2 amide bonds. The molecule has 2 aromatic carbocycles. The van der Waals surface area contributed by atoms with Gasteiger partial charge < -0.3 is 9.84 Å². The van der Waals surface area contributed by atoms with Crippen molar-refractivity contribution in [2.24, 2.45) is 16.7 Å². The number of imide groups is 1. The third-order valence-electron chi connectivity index (χ3n) is 10.0. The lowest BCUT2D eigenvalue weighted by atomic mass is 9.70. The van der Waals surface area contributed by atoms with E-state index in [1.807, 2.05) is 36.4 Å². The first-order chi connectivity index (χ1) is 18.2. The molecule has 0 aromatic heterocycles. The molecule has 2 bridgehead atoms. The average molecular weight is 520 g/mol. The van der Waals surface area contributed by atoms with Crippen LogP contribution in [0.1, 0.15) is 60.7 Å². The number of nitrogens with zero attached hydrogens (tertiary/aromatic N) is 3. The first-order valence-corrected chi connectivity index (χ1v) is 14.3. The van der Waals surface area contributed by atoms with Crippen LogP contribution in [0.5, 0.6) is 0 Å². The molecular weight excluding hydrogens is 478 g/mol. The number of aliphatic hydroxyl groups is 1. The van der Waals surface area contributed by atoms with Crippen molar-refractivity contribution in [3.8, 4) is 0 Å². The number of hydrogen-bond acceptors (Lipinski definition) is 6. The minimum Gasteiger partial charge on any atom is -0.389 e. The Kier molecular flexibility index (Phi) is 6.62. The van der Waals surface area contributed by atoms with Crippen LogP contribution in [0.4, 0.5) is 0 Å². The van der Waals surface area contributed by atoms with Crippen molar-refractivity contribution in [1.82, 2.24) is 14.7 Å². The van der Waals surface area contributed by atoms with Crippen LogP contribution in [0.15, 0.2) is 36.4 Å². The van der Waals surface area contributed by atoms with E-state index < -0.39 is 6.10 Å². The van der Waals surface area contributed by atoms with Crippen molar-refractivity contribution in [3.05, 3.63) is 47.5 Å². The highest BCUT2D eigenvalue weighted by atomic mass is 16.5. The summed E-state index contributed by atoms with van der Waals surface area (Å²) in [5.74, 6) is 0.337. The number of piperazine rings is 1. The van der Waals surface area contributed by atoms with Crippen LogP contribution in [-0.4, -0.2) is 96.2 Å². The second-order valence-electron chi connectivity index (χ2n) is 12.9. The van der Waals surface area contributed by atoms with E-state index in [-0.39, 0.29) is 28.7 Å². The lowest BCUT2D eigenvalue weighted by Crippen LogP contribution is -2.52. The summed E-state index contributed by atoms with van der Waals surface area (Å²) in [4.78, 5) is 32.3. The SMILES string of the molecule is CC1(C)[C@H]2CC[C@](C)(C2)[C@H]1OC[C@H](O)CN1CCN(CCN2C(=O)c3cccc4cccc(c34)C2=O)CC1. The van der Waals surface area contributed by atoms with Crippen molar-refractivity contribution in [1.29, 1.82) is 0 Å². The van der Waals surface area contributed by atoms with Crippen molar-refractivity contribution in [3.63, 3.8) is 0 Å². The summed E-state index contributed by atoms with van der Waals surface area (Å²) >= 11 is 0. The number of rotatable bonds is 8. The van der Waals surface area contributed by atoms with E-state index >= 15 is 0 Å². The highest BCUT2D eigenvalue weighted by Gasteiger charge is 2.60. The fourth-order valence-corrected chi connectivity index (χ4v) is 7.95. The highest BCUT2D eigenvalue weighted by molar-refractivity contribution is 6.25. The molecule has 7 heteroatoms. The second kappa shape index (κ2) is 9.70. The maximum atomic E-state index is 13.2. The topological polar surface area (TPSA) is 73.3 Å². The van der Waals surface area contributed by atoms with Crippen molar-refractivity contribution >= 4 is 22.6 Å². The van der Waals surface area contributed by atoms with Gasteiger partial charge in [0, 0.05) is 62.3 Å². The minimum atomic E-state index is -0.494. The Balaban J connectivity index is 0.973. The van der Waals surface area contributed by atoms with E-state index in [4.69, 9.17) is 4.74 Å². The van der Waals surface area contributed by atoms with Crippen molar-refractivity contribution < 1.29 is 19.4 Å². The van der Waals surface area contributed by atoms with Gasteiger partial charge in [0.1, 0.15) is 0 Å². The number of hydrogen-bond donors (Lipinski definition) is 1. The first-order valence-electron chi connectivity index (χ1n) is 14.3. The predicted molar refractivity (Wildman–Crippen MR) is 147 cm³/mol. The van der Waals surface area contributed by atoms with Crippen LogP contribution in [0.25, 0.3) is 10.8 Å². The predicted octanol–water partition coefficient (Wildman–Crippen LogP) is 3.65. The van der Waals surface area contributed by atoms with Crippen LogP contribution in [0.3, 0.4) is 0 Å². The monoisotopic (exact) mass is 519 g/mol. The molecular formula is C31H41N3O4. The van der Waals surface area contributed by atoms with Gasteiger partial charge in [0.2, 0.25) is 0 Å². The van der Waals surface area contributed by atoms with Crippen LogP contribution in [0.2, 0.25) is 0 Å². The van der Waals surface area contributed by atoms with Gasteiger partial charge in [-0.25, -0.2) is 0 Å². The molecule has 4 atom stereocenters. The fourth-order valence-electron chi connectivity index (χ4n) is 7.95. The molecule has 2 saturated carbocycles. The smallest absolute Gasteiger partial charge is 0.261 e. The lowest BCUT2D eigenvalue weighted by molar-refractivity contribution is -0.114. The molecule has 4 aliphatic rings. The Morgan fingerprint density at radius 3 is 2.18 bits per heavy atom. The summed E-state index contributed by atoms with van der Waals surface area (Å²) in [6.07, 6.45) is 3.52. The maximum absolute atomic E-state index is 13.2. The van der Waals surface area contributed by atoms with Gasteiger partial charge in [-0.3, -0.25) is 24.3 Å². The van der Waals surface area contributed by atoms with Crippen molar-refractivity contribution in [2.75, 3.05) is 52.4 Å². The van der Waals surface area contributed by atoms with E-state index in [9.17, 15) is 14.7 Å². The zero-order valence-corrected chi connectivity index (χ0v) is 23.0. The summed E-state index contributed by atoms with van der Waals surface area (Å²) in [6.45, 7) is 12.5. The summed E-state index contributed by atoms with van der Waals surface area (Å²) in [6, 6.07) is 11.3. The normalized spacial score (nSPS) is 29.9. The lowest BCUT2D eigenvalue weighted by Gasteiger charge is -2.43. The number of ether oxygens (including phenoxy) is 1. The standard InChI is InChI=1S/C31H41N3O4/c1-30(2)22-10-11-31(3,18-22)29(30)38-20-23(35)19-33-14-12-32(13-15-33)16-17-34-27(36)24-8-4-6-21-7-5-9-25(26(21)24)28(34)37/h4-9,22-23,29,35H,10-20H2,1-3H3/t22-,23+,29-,31+/m0/s1. The van der Waals surface area contributed by atoms with Gasteiger partial charge in [0.05, 0.1) is 18.8 Å². The molecule has 6 rings (SSSR count). The quantitative estimate of drug-likeness (QED) is 0.537. The second-order valence-corrected chi connectivity index (χ2v) is 12.9. The Labute approximate surface area is 225 Å². The molecule has 1 N–H and O–H groups in total. The van der Waals surface area contributed by atoms with Crippen LogP contribution in [0, 0.1) is 16.7 Å². The third-order valence-corrected chi connectivity index (χ3v) is 10.0. The molecule has 0 spiro atoms. The average Bonchev–Trinajstić information content (AvgIpc) is 3.39. The zero-order valence-electron chi connectivity index (χ0n) is 23.0. The molecule has 3 fully saturated rings. The van der Waals surface area contributed by atoms with Crippen LogP contribution >= 0.6 is 0 Å². The fraction of sp³-hybridized carbons (Fsp3) is 0.613. The highest BCUT2D eigenvalue weighted by Crippen LogP contribution is 2.63. The number of β-amino-alcohol motifs (C(OH)–C–C–N with tert-alkyl or cyclic N) is 1. The zero-order chi connectivity index (χ0) is 26.7. The molecule has 38 heavy (non-hydrogen) atoms. The Bertz CT molecular complexity index is 1180. The van der Waals surface area contributed by atoms with Gasteiger partial charge in [0.25, 0.3) is 11.8 Å². The minimum absolute atomic E-state index is 0.185. The number of benzene rings is 2. The summed E-state index contributed by atoms with van der Waals surface area (Å²) < 4.78 is 6.39. The van der Waals surface area contributed by atoms with Crippen molar-refractivity contribution in [2.45, 2.75) is 52.2 Å². The number of aliphatic hydroxyl groups excluding tert-OH is 1. The van der Waals surface area contributed by atoms with Gasteiger partial charge in [-0.1, -0.05) is 45.0 Å². The van der Waals surface area contributed by atoms with Crippen LogP contribution < -0.4 is 0 Å². The van der Waals surface area contributed by atoms with E-state index in [2.05, 4.69) is 30.6 Å². The Hall–Kier alpha value is -2.32. The van der Waals surface area contributed by atoms with E-state index in [1.165, 1.54) is 24.2 Å². The number of carbonyl (C=O) groups is 2. The Morgan fingerprint density at radius 1 is 0.947 bits per heavy atom. The third kappa shape index (κ3) is 4.37. The van der Waals surface area contributed by atoms with Gasteiger partial charge in [-0.05, 0) is 53.5 Å². The van der Waals surface area contributed by atoms with Gasteiger partial charge in [0.15, 0.2) is 0 Å². The van der Waals surface area contributed by atoms with E-state index in [0.717, 1.165) is 42.9 Å². The molecule has 0 radical (unpaired) electrons. The summed E-state index contributed by atoms with van der Waals surface area (Å²) in [5, 5.41) is 12.5. The molecule has 1 saturated heterocycles. The molecule has 2 aromatic rings. The number of amides is 2. The molecule has 2 aliphatic carbocycles. The molecule has 2 aliphatic heterocycles. The van der Waals surface area contributed by atoms with Crippen LogP contribution in [-0.2, 0) is 4.74 Å². The molecule has 7 nitrogen and oxygen atoms in total. The first kappa shape index (κ1) is 25.9. The maximum Gasteiger partial charge on any atom is 0.261 e. The Morgan fingerprint density at radius 2 is 1.58 bits per heavy atom. The van der Waals surface area contributed by atoms with Gasteiger partial charge >= 0.3 is 0 Å². The summed E-state index contributed by atoms with van der Waals surface area (Å²) in [7, 11) is 0. The summed E-state index contributed by atoms with van der Waals surface area (Å²) in [5.41, 5.74) is 1.66. The van der Waals surface area contributed by atoms with Gasteiger partial charge in [-0.2, -0.15) is 0 Å². The van der Waals surface area contributed by atoms with E-state index in [1.54, 1.807) is 0 Å². The van der Waals surface area contributed by atoms with E-state index in [0.29, 0.717) is 37.4 Å². The number of carbonyl (C=O) groups excluding carboxylic acids is 2. The molecule has 2 heterocycles. The molecule has 204 valence electrons. The molecule has 0 unspecified atom stereocenters. The number of fused-ring (bicyclic) bond motifs is 2. The largest absolute Gasteiger partial charge is 0.389 e. The van der Waals surface area contributed by atoms with Gasteiger partial charge in [-0.15, -0.1) is 0 Å².